The second-order valence-electron chi connectivity index (χ2n) is 10.4. The van der Waals surface area contributed by atoms with Gasteiger partial charge >= 0.3 is 17.9 Å². The summed E-state index contributed by atoms with van der Waals surface area (Å²) < 4.78 is 15.2. The Kier molecular flexibility index (Phi) is 9.69. The van der Waals surface area contributed by atoms with Gasteiger partial charge in [0.2, 0.25) is 0 Å². The standard InChI is InChI=1S/C33H36O6S/c1-32(2)38-30(35)29(31(36)39-32)24(21-22-28(34)37-3)14-13-23-40-33(25-15-7-4-8-16-25,26-17-9-5-10-18-26)27-19-11-6-12-20-27/h4-12,15-20,24,29H,13-14,21-23H2,1-3H3. The molecule has 6 nitrogen and oxygen atoms in total. The van der Waals surface area contributed by atoms with Gasteiger partial charge in [0.25, 0.3) is 5.79 Å². The van der Waals surface area contributed by atoms with Crippen molar-refractivity contribution in [2.24, 2.45) is 11.8 Å². The SMILES string of the molecule is COC(=O)CCC(CCCSC(c1ccccc1)(c1ccccc1)c1ccccc1)C1C(=O)OC(C)(C)OC1=O. The van der Waals surface area contributed by atoms with Crippen LogP contribution in [0.15, 0.2) is 91.0 Å². The van der Waals surface area contributed by atoms with Gasteiger partial charge in [0.05, 0.1) is 11.9 Å². The van der Waals surface area contributed by atoms with Crippen LogP contribution in [0.4, 0.5) is 0 Å². The van der Waals surface area contributed by atoms with Gasteiger partial charge in [-0.1, -0.05) is 91.0 Å². The van der Waals surface area contributed by atoms with Crippen molar-refractivity contribution < 1.29 is 28.6 Å². The molecule has 0 radical (unpaired) electrons. The first-order valence-corrected chi connectivity index (χ1v) is 14.6. The summed E-state index contributed by atoms with van der Waals surface area (Å²) in [7, 11) is 1.33. The molecule has 1 saturated heterocycles. The largest absolute Gasteiger partial charge is 0.469 e. The van der Waals surface area contributed by atoms with Crippen LogP contribution < -0.4 is 0 Å². The van der Waals surface area contributed by atoms with E-state index >= 15 is 0 Å². The van der Waals surface area contributed by atoms with Crippen LogP contribution in [0.5, 0.6) is 0 Å². The molecule has 210 valence electrons. The van der Waals surface area contributed by atoms with Gasteiger partial charge in [-0.2, -0.15) is 0 Å². The molecule has 1 unspecified atom stereocenters. The fourth-order valence-electron chi connectivity index (χ4n) is 5.34. The first-order valence-electron chi connectivity index (χ1n) is 13.6. The van der Waals surface area contributed by atoms with Gasteiger partial charge in [-0.05, 0) is 47.6 Å². The minimum Gasteiger partial charge on any atom is -0.469 e. The lowest BCUT2D eigenvalue weighted by Crippen LogP contribution is -2.48. The number of esters is 3. The molecule has 0 aromatic heterocycles. The van der Waals surface area contributed by atoms with Crippen LogP contribution in [0.1, 0.15) is 56.2 Å². The summed E-state index contributed by atoms with van der Waals surface area (Å²) in [6.07, 6.45) is 1.70. The summed E-state index contributed by atoms with van der Waals surface area (Å²) in [4.78, 5) is 37.7. The smallest absolute Gasteiger partial charge is 0.323 e. The van der Waals surface area contributed by atoms with E-state index < -0.39 is 34.3 Å². The lowest BCUT2D eigenvalue weighted by atomic mass is 9.84. The predicted molar refractivity (Wildman–Crippen MR) is 155 cm³/mol. The van der Waals surface area contributed by atoms with E-state index in [1.165, 1.54) is 37.6 Å². The highest BCUT2D eigenvalue weighted by Crippen LogP contribution is 2.49. The quantitative estimate of drug-likeness (QED) is 0.108. The molecule has 0 aliphatic carbocycles. The fraction of sp³-hybridized carbons (Fsp3) is 0.364. The van der Waals surface area contributed by atoms with Gasteiger partial charge in [0, 0.05) is 20.3 Å². The number of benzene rings is 3. The Morgan fingerprint density at radius 1 is 0.825 bits per heavy atom. The normalized spacial score (nSPS) is 16.1. The Balaban J connectivity index is 1.59. The van der Waals surface area contributed by atoms with Gasteiger partial charge in [0.15, 0.2) is 5.92 Å². The first kappa shape index (κ1) is 29.4. The Morgan fingerprint density at radius 2 is 1.27 bits per heavy atom. The Bertz CT molecular complexity index is 1160. The molecule has 0 amide bonds. The lowest BCUT2D eigenvalue weighted by Gasteiger charge is -2.37. The lowest BCUT2D eigenvalue weighted by molar-refractivity contribution is -0.243. The highest BCUT2D eigenvalue weighted by molar-refractivity contribution is 8.00. The van der Waals surface area contributed by atoms with Gasteiger partial charge in [-0.25, -0.2) is 0 Å². The van der Waals surface area contributed by atoms with E-state index in [1.54, 1.807) is 0 Å². The molecule has 0 bridgehead atoms. The highest BCUT2D eigenvalue weighted by Gasteiger charge is 2.47. The summed E-state index contributed by atoms with van der Waals surface area (Å²) in [5, 5.41) is 0. The molecule has 3 aromatic carbocycles. The number of methoxy groups -OCH3 is 1. The zero-order chi connectivity index (χ0) is 28.6. The number of carbonyl (C=O) groups excluding carboxylic acids is 3. The summed E-state index contributed by atoms with van der Waals surface area (Å²) in [6.45, 7) is 3.07. The Hall–Kier alpha value is -3.58. The molecule has 1 aliphatic rings. The molecule has 40 heavy (non-hydrogen) atoms. The number of rotatable bonds is 12. The number of hydrogen-bond donors (Lipinski definition) is 0. The minimum absolute atomic E-state index is 0.108. The molecule has 3 aromatic rings. The second kappa shape index (κ2) is 13.2. The summed E-state index contributed by atoms with van der Waals surface area (Å²) in [5.41, 5.74) is 3.50. The zero-order valence-electron chi connectivity index (χ0n) is 23.2. The van der Waals surface area contributed by atoms with Crippen molar-refractivity contribution in [2.45, 2.75) is 50.1 Å². The van der Waals surface area contributed by atoms with Crippen molar-refractivity contribution in [1.82, 2.24) is 0 Å². The van der Waals surface area contributed by atoms with Gasteiger partial charge < -0.3 is 14.2 Å². The average Bonchev–Trinajstić information content (AvgIpc) is 2.96. The van der Waals surface area contributed by atoms with E-state index in [4.69, 9.17) is 14.2 Å². The fourth-order valence-corrected chi connectivity index (χ4v) is 6.86. The van der Waals surface area contributed by atoms with E-state index in [9.17, 15) is 14.4 Å². The number of ether oxygens (including phenoxy) is 3. The van der Waals surface area contributed by atoms with Crippen molar-refractivity contribution in [1.29, 1.82) is 0 Å². The number of carbonyl (C=O) groups is 3. The maximum absolute atomic E-state index is 12.9. The van der Waals surface area contributed by atoms with Crippen LogP contribution in [0, 0.1) is 11.8 Å². The molecule has 1 aliphatic heterocycles. The van der Waals surface area contributed by atoms with E-state index in [0.717, 1.165) is 5.75 Å². The molecule has 1 fully saturated rings. The molecule has 0 spiro atoms. The van der Waals surface area contributed by atoms with Crippen molar-refractivity contribution in [3.8, 4) is 0 Å². The van der Waals surface area contributed by atoms with Crippen molar-refractivity contribution in [3.63, 3.8) is 0 Å². The van der Waals surface area contributed by atoms with E-state index in [0.29, 0.717) is 19.3 Å². The zero-order valence-corrected chi connectivity index (χ0v) is 24.0. The third kappa shape index (κ3) is 6.76. The Morgan fingerprint density at radius 3 is 1.70 bits per heavy atom. The number of thioether (sulfide) groups is 1. The number of cyclic esters (lactones) is 2. The second-order valence-corrected chi connectivity index (χ2v) is 11.7. The molecule has 1 atom stereocenters. The maximum atomic E-state index is 12.9. The molecule has 0 N–H and O–H groups in total. The molecule has 7 heteroatoms. The molecular weight excluding hydrogens is 524 g/mol. The van der Waals surface area contributed by atoms with Crippen molar-refractivity contribution in [2.75, 3.05) is 12.9 Å². The van der Waals surface area contributed by atoms with Crippen LogP contribution in [0.25, 0.3) is 0 Å². The van der Waals surface area contributed by atoms with Gasteiger partial charge in [-0.15, -0.1) is 11.8 Å². The van der Waals surface area contributed by atoms with Crippen LogP contribution in [-0.4, -0.2) is 36.6 Å². The first-order chi connectivity index (χ1) is 19.3. The third-order valence-electron chi connectivity index (χ3n) is 7.20. The summed E-state index contributed by atoms with van der Waals surface area (Å²) in [5.74, 6) is -3.61. The molecule has 4 rings (SSSR count). The Labute approximate surface area is 240 Å². The van der Waals surface area contributed by atoms with Gasteiger partial charge in [-0.3, -0.25) is 14.4 Å². The van der Waals surface area contributed by atoms with Crippen LogP contribution in [0.2, 0.25) is 0 Å². The van der Waals surface area contributed by atoms with E-state index in [2.05, 4.69) is 72.8 Å². The molecular formula is C33H36O6S. The average molecular weight is 561 g/mol. The van der Waals surface area contributed by atoms with Crippen LogP contribution in [0.3, 0.4) is 0 Å². The van der Waals surface area contributed by atoms with Crippen molar-refractivity contribution in [3.05, 3.63) is 108 Å². The van der Waals surface area contributed by atoms with E-state index in [1.807, 2.05) is 30.0 Å². The number of hydrogen-bond acceptors (Lipinski definition) is 7. The highest BCUT2D eigenvalue weighted by atomic mass is 32.2. The van der Waals surface area contributed by atoms with Crippen molar-refractivity contribution >= 4 is 29.7 Å². The molecule has 1 heterocycles. The molecule has 0 saturated carbocycles. The predicted octanol–water partition coefficient (Wildman–Crippen LogP) is 6.51. The monoisotopic (exact) mass is 560 g/mol. The van der Waals surface area contributed by atoms with Crippen LogP contribution in [-0.2, 0) is 33.3 Å². The van der Waals surface area contributed by atoms with Crippen LogP contribution >= 0.6 is 11.8 Å². The van der Waals surface area contributed by atoms with Gasteiger partial charge in [0.1, 0.15) is 0 Å². The summed E-state index contributed by atoms with van der Waals surface area (Å²) >= 11 is 1.82. The van der Waals surface area contributed by atoms with E-state index in [-0.39, 0.29) is 12.4 Å². The third-order valence-corrected chi connectivity index (χ3v) is 8.83. The summed E-state index contributed by atoms with van der Waals surface area (Å²) in [6, 6.07) is 31.3. The minimum atomic E-state index is -1.30. The topological polar surface area (TPSA) is 78.9 Å². The maximum Gasteiger partial charge on any atom is 0.323 e.